The third-order valence-corrected chi connectivity index (χ3v) is 4.06. The monoisotopic (exact) mass is 342 g/mol. The lowest BCUT2D eigenvalue weighted by Gasteiger charge is -2.08. The van der Waals surface area contributed by atoms with E-state index in [-0.39, 0.29) is 5.91 Å². The van der Waals surface area contributed by atoms with Crippen molar-refractivity contribution >= 4 is 28.4 Å². The molecule has 0 saturated carbocycles. The predicted octanol–water partition coefficient (Wildman–Crippen LogP) is 4.43. The zero-order valence-electron chi connectivity index (χ0n) is 13.4. The van der Waals surface area contributed by atoms with Crippen LogP contribution in [0.4, 0.5) is 0 Å². The predicted molar refractivity (Wildman–Crippen MR) is 96.2 cm³/mol. The maximum atomic E-state index is 11.4. The van der Waals surface area contributed by atoms with Crippen molar-refractivity contribution in [2.45, 2.75) is 26.5 Å². The number of carbonyl (C=O) groups is 1. The summed E-state index contributed by atoms with van der Waals surface area (Å²) in [7, 11) is 0. The number of hydrogen-bond acceptors (Lipinski definition) is 2. The Kier molecular flexibility index (Phi) is 5.06. The lowest BCUT2D eigenvalue weighted by molar-refractivity contribution is -0.120. The molecule has 3 rings (SSSR count). The van der Waals surface area contributed by atoms with Gasteiger partial charge in [0.25, 0.3) is 0 Å². The van der Waals surface area contributed by atoms with Gasteiger partial charge in [-0.1, -0.05) is 48.9 Å². The van der Waals surface area contributed by atoms with E-state index in [0.29, 0.717) is 30.3 Å². The van der Waals surface area contributed by atoms with Gasteiger partial charge < -0.3 is 15.0 Å². The molecule has 2 aromatic carbocycles. The van der Waals surface area contributed by atoms with Gasteiger partial charge in [-0.15, -0.1) is 0 Å². The number of nitrogens with one attached hydrogen (secondary N) is 2. The molecular formula is C19H19ClN2O2. The van der Waals surface area contributed by atoms with Crippen molar-refractivity contribution in [3.8, 4) is 5.75 Å². The second-order valence-electron chi connectivity index (χ2n) is 5.57. The Morgan fingerprint density at radius 1 is 1.21 bits per heavy atom. The number of ether oxygens (including phenoxy) is 1. The maximum absolute atomic E-state index is 11.4. The first kappa shape index (κ1) is 16.4. The molecule has 1 aromatic heterocycles. The number of hydrogen-bond donors (Lipinski definition) is 2. The van der Waals surface area contributed by atoms with Crippen molar-refractivity contribution in [2.24, 2.45) is 0 Å². The van der Waals surface area contributed by atoms with E-state index < -0.39 is 0 Å². The van der Waals surface area contributed by atoms with Gasteiger partial charge in [0.1, 0.15) is 12.4 Å². The standard InChI is InChI=1S/C19H19ClN2O2/c1-2-19(23)21-11-15-8-14-9-16(20)18(10-17(14)22-15)24-12-13-6-4-3-5-7-13/h3-10,22H,2,11-12H2,1H3,(H,21,23). The Morgan fingerprint density at radius 2 is 2.00 bits per heavy atom. The molecule has 0 atom stereocenters. The van der Waals surface area contributed by atoms with E-state index in [4.69, 9.17) is 16.3 Å². The van der Waals surface area contributed by atoms with Crippen LogP contribution >= 0.6 is 11.6 Å². The SMILES string of the molecule is CCC(=O)NCc1cc2cc(Cl)c(OCc3ccccc3)cc2[nH]1. The van der Waals surface area contributed by atoms with Crippen LogP contribution in [0.25, 0.3) is 10.9 Å². The Hall–Kier alpha value is -2.46. The molecule has 0 saturated heterocycles. The average molecular weight is 343 g/mol. The molecular weight excluding hydrogens is 324 g/mol. The number of fused-ring (bicyclic) bond motifs is 1. The van der Waals surface area contributed by atoms with Gasteiger partial charge in [0.05, 0.1) is 11.6 Å². The van der Waals surface area contributed by atoms with Crippen LogP contribution in [0.1, 0.15) is 24.6 Å². The van der Waals surface area contributed by atoms with Gasteiger partial charge in [-0.2, -0.15) is 0 Å². The van der Waals surface area contributed by atoms with Crippen molar-refractivity contribution < 1.29 is 9.53 Å². The van der Waals surface area contributed by atoms with Crippen LogP contribution in [0, 0.1) is 0 Å². The minimum absolute atomic E-state index is 0.0265. The van der Waals surface area contributed by atoms with E-state index in [2.05, 4.69) is 10.3 Å². The molecule has 2 N–H and O–H groups in total. The van der Waals surface area contributed by atoms with E-state index >= 15 is 0 Å². The smallest absolute Gasteiger partial charge is 0.220 e. The quantitative estimate of drug-likeness (QED) is 0.696. The summed E-state index contributed by atoms with van der Waals surface area (Å²) in [5, 5.41) is 4.42. The van der Waals surface area contributed by atoms with Crippen LogP contribution in [-0.4, -0.2) is 10.9 Å². The van der Waals surface area contributed by atoms with Crippen molar-refractivity contribution in [3.05, 3.63) is 64.8 Å². The van der Waals surface area contributed by atoms with Crippen molar-refractivity contribution in [1.82, 2.24) is 10.3 Å². The fourth-order valence-corrected chi connectivity index (χ4v) is 2.68. The molecule has 0 unspecified atom stereocenters. The van der Waals surface area contributed by atoms with Crippen molar-refractivity contribution in [2.75, 3.05) is 0 Å². The molecule has 1 amide bonds. The molecule has 24 heavy (non-hydrogen) atoms. The zero-order valence-corrected chi connectivity index (χ0v) is 14.2. The van der Waals surface area contributed by atoms with Gasteiger partial charge in [0, 0.05) is 29.1 Å². The number of H-pyrrole nitrogens is 1. The van der Waals surface area contributed by atoms with Crippen LogP contribution in [0.3, 0.4) is 0 Å². The second kappa shape index (κ2) is 7.41. The number of carbonyl (C=O) groups excluding carboxylic acids is 1. The van der Waals surface area contributed by atoms with Gasteiger partial charge in [-0.3, -0.25) is 4.79 Å². The molecule has 4 nitrogen and oxygen atoms in total. The summed E-state index contributed by atoms with van der Waals surface area (Å²) in [6, 6.07) is 15.7. The number of halogens is 1. The van der Waals surface area contributed by atoms with E-state index in [9.17, 15) is 4.79 Å². The third-order valence-electron chi connectivity index (χ3n) is 3.76. The average Bonchev–Trinajstić information content (AvgIpc) is 3.00. The fourth-order valence-electron chi connectivity index (χ4n) is 2.45. The Labute approximate surface area is 145 Å². The summed E-state index contributed by atoms with van der Waals surface area (Å²) in [6.45, 7) is 2.77. The number of amides is 1. The van der Waals surface area contributed by atoms with Crippen LogP contribution in [-0.2, 0) is 17.9 Å². The number of rotatable bonds is 6. The molecule has 5 heteroatoms. The van der Waals surface area contributed by atoms with Gasteiger partial charge in [0.2, 0.25) is 5.91 Å². The Bertz CT molecular complexity index is 843. The lowest BCUT2D eigenvalue weighted by atomic mass is 10.2. The minimum Gasteiger partial charge on any atom is -0.487 e. The van der Waals surface area contributed by atoms with E-state index in [0.717, 1.165) is 22.2 Å². The highest BCUT2D eigenvalue weighted by Crippen LogP contribution is 2.31. The molecule has 0 spiro atoms. The largest absolute Gasteiger partial charge is 0.487 e. The number of benzene rings is 2. The van der Waals surface area contributed by atoms with Gasteiger partial charge in [0.15, 0.2) is 0 Å². The second-order valence-corrected chi connectivity index (χ2v) is 5.98. The molecule has 1 heterocycles. The first-order valence-corrected chi connectivity index (χ1v) is 8.28. The summed E-state index contributed by atoms with van der Waals surface area (Å²) < 4.78 is 5.83. The van der Waals surface area contributed by atoms with E-state index in [1.165, 1.54) is 0 Å². The topological polar surface area (TPSA) is 54.1 Å². The Morgan fingerprint density at radius 3 is 2.75 bits per heavy atom. The molecule has 0 fully saturated rings. The van der Waals surface area contributed by atoms with Crippen LogP contribution in [0.2, 0.25) is 5.02 Å². The molecule has 0 aliphatic heterocycles. The van der Waals surface area contributed by atoms with Crippen LogP contribution in [0.5, 0.6) is 5.75 Å². The van der Waals surface area contributed by atoms with E-state index in [1.54, 1.807) is 0 Å². The summed E-state index contributed by atoms with van der Waals surface area (Å²) >= 11 is 6.32. The lowest BCUT2D eigenvalue weighted by Crippen LogP contribution is -2.21. The minimum atomic E-state index is 0.0265. The van der Waals surface area contributed by atoms with Crippen molar-refractivity contribution in [3.63, 3.8) is 0 Å². The normalized spacial score (nSPS) is 10.8. The highest BCUT2D eigenvalue weighted by molar-refractivity contribution is 6.32. The Balaban J connectivity index is 1.75. The molecule has 0 aliphatic carbocycles. The highest BCUT2D eigenvalue weighted by atomic mass is 35.5. The fraction of sp³-hybridized carbons (Fsp3) is 0.211. The van der Waals surface area contributed by atoms with Gasteiger partial charge in [-0.05, 0) is 17.7 Å². The van der Waals surface area contributed by atoms with Crippen LogP contribution < -0.4 is 10.1 Å². The van der Waals surface area contributed by atoms with Gasteiger partial charge >= 0.3 is 0 Å². The number of aromatic amines is 1. The summed E-state index contributed by atoms with van der Waals surface area (Å²) in [4.78, 5) is 14.6. The van der Waals surface area contributed by atoms with Gasteiger partial charge in [-0.25, -0.2) is 0 Å². The summed E-state index contributed by atoms with van der Waals surface area (Å²) in [5.74, 6) is 0.664. The third kappa shape index (κ3) is 3.89. The molecule has 0 radical (unpaired) electrons. The zero-order chi connectivity index (χ0) is 16.9. The first-order valence-electron chi connectivity index (χ1n) is 7.90. The number of aromatic nitrogens is 1. The molecule has 3 aromatic rings. The van der Waals surface area contributed by atoms with Crippen molar-refractivity contribution in [1.29, 1.82) is 0 Å². The van der Waals surface area contributed by atoms with Crippen LogP contribution in [0.15, 0.2) is 48.5 Å². The molecule has 124 valence electrons. The molecule has 0 bridgehead atoms. The van der Waals surface area contributed by atoms with E-state index in [1.807, 2.05) is 55.5 Å². The summed E-state index contributed by atoms with van der Waals surface area (Å²) in [5.41, 5.74) is 2.95. The highest BCUT2D eigenvalue weighted by Gasteiger charge is 2.08. The molecule has 0 aliphatic rings. The summed E-state index contributed by atoms with van der Waals surface area (Å²) in [6.07, 6.45) is 0.476. The maximum Gasteiger partial charge on any atom is 0.220 e. The first-order chi connectivity index (χ1) is 11.7.